The number of aromatic amines is 2. The fourth-order valence-corrected chi connectivity index (χ4v) is 215. The first-order chi connectivity index (χ1) is 30.0. The second-order valence-corrected chi connectivity index (χ2v) is 129. The van der Waals surface area contributed by atoms with Crippen LogP contribution in [0.2, 0.25) is 0 Å². The van der Waals surface area contributed by atoms with Crippen molar-refractivity contribution >= 4 is 221 Å². The standard InChI is InChI=1S/C10H12N5OPS.C10H13N5O.C3H9N2PS.C2H7N2PS.CH5N2PS.I7.H2NPS/c16-10(11-4-1-5-12-17-18)7-2-3-8-9(6-7)14-15-13-8;11-4-1-5-12-10(16)7-2-3-8-9(6-7)14-15-13-8;4-2-1-3-5-6-7;3-1-2-4-5-6;2-1-3-4-5;1-5-7(4)6(2)3;1-2-3/h2-3,6H,1,4-5H2,(H,11,16)(H,12,18)(H,13,14,15);2-3,6H,1,4-5,11H2,(H,12,16)(H,13,14,15);1-4H2,(H,5,7);1-3H2,(H,4,6);1-2H2,(H,3,5);;(H2,1,3)/q;;;;;-1;. The molecule has 0 radical (unpaired) electrons. The number of carbonyl (C=O) groups excluding carboxylic acids is 2. The second-order valence-electron chi connectivity index (χ2n) is 9.93. The molecule has 0 aliphatic carbocycles. The number of nitrogens with two attached hydrogens (primary N) is 5. The molecule has 0 saturated carbocycles. The van der Waals surface area contributed by atoms with E-state index >= 15 is 0 Å². The van der Waals surface area contributed by atoms with Gasteiger partial charge in [0, 0.05) is 50.4 Å². The van der Waals surface area contributed by atoms with Crippen molar-refractivity contribution in [2.24, 2.45) is 28.4 Å². The van der Waals surface area contributed by atoms with Crippen LogP contribution in [0.5, 0.6) is 0 Å². The molecule has 354 valence electrons. The van der Waals surface area contributed by atoms with Gasteiger partial charge in [0.2, 0.25) is 0 Å². The number of nitrogens with one attached hydrogen (secondary N) is 8. The number of H-pyrrole nitrogens is 2. The number of rotatable bonds is 21. The Labute approximate surface area is 451 Å². The van der Waals surface area contributed by atoms with E-state index in [0.29, 0.717) is 75.8 Å². The maximum atomic E-state index is 11.8. The number of nitrogens with zero attached hydrogens (tertiary/aromatic N) is 4. The topological polar surface area (TPSA) is 320 Å². The second kappa shape index (κ2) is 53.9. The van der Waals surface area contributed by atoms with Crippen LogP contribution in [0, 0.1) is 0 Å². The molecule has 19 nitrogen and oxygen atoms in total. The van der Waals surface area contributed by atoms with E-state index in [1.54, 1.807) is 36.4 Å². The third kappa shape index (κ3) is 42.4. The minimum Gasteiger partial charge on any atom is -0.352 e. The van der Waals surface area contributed by atoms with Gasteiger partial charge < -0.3 is 33.6 Å². The Balaban J connectivity index is -0.000000716. The number of fused-ring (bicyclic) bond motifs is 2. The van der Waals surface area contributed by atoms with E-state index in [4.69, 9.17) is 34.7 Å². The Hall–Kier alpha value is 3.53. The van der Waals surface area contributed by atoms with Gasteiger partial charge in [-0.3, -0.25) is 30.4 Å². The van der Waals surface area contributed by atoms with Gasteiger partial charge in [-0.2, -0.15) is 30.8 Å². The van der Waals surface area contributed by atoms with Crippen LogP contribution in [0.15, 0.2) is 36.4 Å². The predicted molar refractivity (Wildman–Crippen MR) is 329 cm³/mol. The molecule has 2 aromatic heterocycles. The average Bonchev–Trinajstić information content (AvgIpc) is 3.97. The summed E-state index contributed by atoms with van der Waals surface area (Å²) < 4.78 is 0. The summed E-state index contributed by atoms with van der Waals surface area (Å²) in [5, 5.41) is 37.8. The Morgan fingerprint density at radius 2 is 1.00 bits per heavy atom. The van der Waals surface area contributed by atoms with Crippen LogP contribution in [0.4, 0.5) is 0 Å². The number of aromatic nitrogens is 6. The zero-order valence-electron chi connectivity index (χ0n) is 32.4. The van der Waals surface area contributed by atoms with Gasteiger partial charge in [-0.05, 0) is 128 Å². The van der Waals surface area contributed by atoms with Crippen molar-refractivity contribution < 1.29 is 22.8 Å². The van der Waals surface area contributed by atoms with Crippen LogP contribution in [-0.4, -0.2) is 102 Å². The summed E-state index contributed by atoms with van der Waals surface area (Å²) in [5.41, 5.74) is 29.3. The number of carbonyl (C=O) groups is 2. The molecule has 2 heterocycles. The van der Waals surface area contributed by atoms with Gasteiger partial charge in [-0.15, -0.1) is 0 Å². The number of hydrogen-bond acceptors (Lipinski definition) is 15. The van der Waals surface area contributed by atoms with Gasteiger partial charge in [0.1, 0.15) is 22.1 Å². The largest absolute Gasteiger partial charge is 0.352 e. The van der Waals surface area contributed by atoms with Crippen molar-refractivity contribution in [3.63, 3.8) is 0 Å². The molecular formula is C26H48I7N17O2P5S5-. The summed E-state index contributed by atoms with van der Waals surface area (Å²) in [6.07, 6.45) is 2.64. The number of benzene rings is 2. The Bertz CT molecular complexity index is 1780. The first-order valence-electron chi connectivity index (χ1n) is 16.9. The summed E-state index contributed by atoms with van der Waals surface area (Å²) in [4.78, 5) is 23.5. The molecule has 4 rings (SSSR count). The number of halogens is 7. The SMILES string of the molecule is I[I-]I(I)I(I)I.NCCCNC(=O)c1ccc2n[nH]nc2c1.NCCCNP=S.NCCNP=S.NCNP=S.NP=S.O=C(NCCCNP=S)c1ccc2n[nH]nc2c1. The number of amides is 2. The van der Waals surface area contributed by atoms with E-state index < -0.39 is 0 Å². The fraction of sp³-hybridized carbons (Fsp3) is 0.462. The fourth-order valence-electron chi connectivity index (χ4n) is 3.28. The van der Waals surface area contributed by atoms with Crippen LogP contribution < -0.4 is 72.7 Å². The van der Waals surface area contributed by atoms with Gasteiger partial charge in [-0.25, -0.2) is 5.09 Å². The molecule has 0 bridgehead atoms. The minimum absolute atomic E-state index is 0.101. The van der Waals surface area contributed by atoms with Crippen LogP contribution in [0.1, 0.15) is 40.0 Å². The van der Waals surface area contributed by atoms with Crippen LogP contribution in [-0.2, 0) is 59.0 Å². The van der Waals surface area contributed by atoms with Crippen LogP contribution in [0.25, 0.3) is 22.1 Å². The third-order valence-electron chi connectivity index (χ3n) is 5.80. The molecule has 0 saturated heterocycles. The normalized spacial score (nSPS) is 10.6. The molecule has 2 amide bonds. The van der Waals surface area contributed by atoms with E-state index in [1.807, 2.05) is 0 Å². The first kappa shape index (κ1) is 69.8. The van der Waals surface area contributed by atoms with Crippen molar-refractivity contribution in [2.75, 3.05) is 59.0 Å². The Morgan fingerprint density at radius 3 is 1.32 bits per heavy atom. The van der Waals surface area contributed by atoms with E-state index in [-0.39, 0.29) is 27.6 Å². The molecule has 0 atom stereocenters. The Morgan fingerprint density at radius 1 is 0.613 bits per heavy atom. The molecule has 36 heteroatoms. The van der Waals surface area contributed by atoms with Gasteiger partial charge in [0.25, 0.3) is 11.8 Å². The summed E-state index contributed by atoms with van der Waals surface area (Å²) in [6, 6.07) is 10.4. The quantitative estimate of drug-likeness (QED) is 0.0246. The summed E-state index contributed by atoms with van der Waals surface area (Å²) in [5.74, 6) is -0.214. The summed E-state index contributed by atoms with van der Waals surface area (Å²) in [7, 11) is 3.12. The van der Waals surface area contributed by atoms with Gasteiger partial charge >= 0.3 is 104 Å². The average molecular weight is 1830 g/mol. The van der Waals surface area contributed by atoms with E-state index in [0.717, 1.165) is 86.5 Å². The van der Waals surface area contributed by atoms with Crippen molar-refractivity contribution in [2.45, 2.75) is 19.3 Å². The Kier molecular flexibility index (Phi) is 60.6. The maximum Gasteiger partial charge on any atom is 0.251 e. The predicted octanol–water partition coefficient (Wildman–Crippen LogP) is 3.53. The molecular weight excluding hydrogens is 1790 g/mol. The zero-order valence-corrected chi connectivity index (χ0v) is 56.0. The first-order valence-corrected chi connectivity index (χ1v) is 64.2. The molecule has 2 aromatic carbocycles. The maximum absolute atomic E-state index is 11.8. The third-order valence-corrected chi connectivity index (χ3v) is 257. The van der Waals surface area contributed by atoms with E-state index in [9.17, 15) is 9.59 Å². The molecule has 4 aromatic rings. The molecule has 0 aliphatic rings. The van der Waals surface area contributed by atoms with E-state index in [1.165, 1.54) is 0 Å². The number of hydrogen-bond donors (Lipinski definition) is 13. The van der Waals surface area contributed by atoms with Crippen molar-refractivity contribution in [1.29, 1.82) is 0 Å². The molecule has 18 N–H and O–H groups in total. The van der Waals surface area contributed by atoms with Crippen molar-refractivity contribution in [3.8, 4) is 0 Å². The minimum atomic E-state index is -0.285. The summed E-state index contributed by atoms with van der Waals surface area (Å²) >= 11 is 33.9. The molecule has 62 heavy (non-hydrogen) atoms. The smallest absolute Gasteiger partial charge is 0.251 e. The van der Waals surface area contributed by atoms with Crippen molar-refractivity contribution in [1.82, 2.24) is 61.8 Å². The molecule has 0 unspecified atom stereocenters. The van der Waals surface area contributed by atoms with Crippen LogP contribution >= 0.6 is 128 Å². The molecule has 0 spiro atoms. The van der Waals surface area contributed by atoms with Crippen molar-refractivity contribution in [3.05, 3.63) is 47.5 Å². The zero-order chi connectivity index (χ0) is 47.2. The van der Waals surface area contributed by atoms with Crippen LogP contribution in [0.3, 0.4) is 0 Å². The summed E-state index contributed by atoms with van der Waals surface area (Å²) in [6.45, 7) is 6.25. The molecule has 0 fully saturated rings. The monoisotopic (exact) mass is 1830 g/mol. The van der Waals surface area contributed by atoms with E-state index in [2.05, 4.69) is 189 Å². The van der Waals surface area contributed by atoms with Gasteiger partial charge in [-0.1, -0.05) is 0 Å². The van der Waals surface area contributed by atoms with Gasteiger partial charge in [0.15, 0.2) is 0 Å². The van der Waals surface area contributed by atoms with Gasteiger partial charge in [0.05, 0.1) is 44.2 Å². The molecule has 0 aliphatic heterocycles.